The van der Waals surface area contributed by atoms with Crippen LogP contribution in [0.15, 0.2) is 103 Å². The number of carbonyl (C=O) groups excluding carboxylic acids is 1. The van der Waals surface area contributed by atoms with E-state index in [9.17, 15) is 28.3 Å². The Morgan fingerprint density at radius 2 is 1.47 bits per heavy atom. The highest BCUT2D eigenvalue weighted by molar-refractivity contribution is 7.80. The number of aliphatic carboxylic acids is 1. The average molecular weight is 630 g/mol. The molecule has 4 aromatic carbocycles. The first-order valence-electron chi connectivity index (χ1n) is 14.3. The van der Waals surface area contributed by atoms with E-state index >= 15 is 0 Å². The molecule has 0 aliphatic heterocycles. The second-order valence-electron chi connectivity index (χ2n) is 10.2. The fraction of sp³-hybridized carbons (Fsp3) is 0.206. The first-order chi connectivity index (χ1) is 21.7. The monoisotopic (exact) mass is 629 g/mol. The smallest absolute Gasteiger partial charge is 0.341 e. The van der Waals surface area contributed by atoms with Gasteiger partial charge in [-0.3, -0.25) is 13.3 Å². The number of hydrogen-bond acceptors (Lipinski definition) is 6. The third-order valence-electron chi connectivity index (χ3n) is 7.08. The van der Waals surface area contributed by atoms with Gasteiger partial charge in [0.05, 0.1) is 0 Å². The Morgan fingerprint density at radius 3 is 2.04 bits per heavy atom. The fourth-order valence-electron chi connectivity index (χ4n) is 4.90. The first kappa shape index (κ1) is 32.9. The van der Waals surface area contributed by atoms with E-state index in [0.29, 0.717) is 24.2 Å². The molecular weight excluding hydrogens is 596 g/mol. The standard InChI is InChI=1S/C34H34N2O8S/c1-2-3-20-35(27-12-8-5-9-13-27)33(39)30(22-24-14-19-31(44-23-32(37)38)29(21-24)34(40)41)36(45(42)43)28-17-15-26(16-18-28)25-10-6-4-7-11-25/h4-19,21,30H,2-3,20,22-23H2,1H3,(H,37,38)(H,40,41)(H,42,43)/p-1. The molecule has 4 rings (SSSR count). The molecule has 2 atom stereocenters. The lowest BCUT2D eigenvalue weighted by Gasteiger charge is -2.37. The summed E-state index contributed by atoms with van der Waals surface area (Å²) >= 11 is -2.91. The molecule has 234 valence electrons. The van der Waals surface area contributed by atoms with Gasteiger partial charge < -0.3 is 24.4 Å². The maximum atomic E-state index is 14.4. The Labute approximate surface area is 263 Å². The number of carboxylic acid groups (broad SMARTS) is 2. The van der Waals surface area contributed by atoms with Crippen LogP contribution in [0.2, 0.25) is 0 Å². The molecule has 0 aliphatic carbocycles. The second kappa shape index (κ2) is 15.6. The molecule has 0 saturated carbocycles. The van der Waals surface area contributed by atoms with Crippen molar-refractivity contribution in [1.29, 1.82) is 0 Å². The number of nitrogens with zero attached hydrogens (tertiary/aromatic N) is 2. The number of aromatic carboxylic acids is 1. The van der Waals surface area contributed by atoms with E-state index in [-0.39, 0.29) is 23.4 Å². The van der Waals surface area contributed by atoms with Gasteiger partial charge in [0.15, 0.2) is 6.61 Å². The molecule has 0 radical (unpaired) electrons. The minimum atomic E-state index is -2.91. The predicted octanol–water partition coefficient (Wildman–Crippen LogP) is 5.56. The van der Waals surface area contributed by atoms with Crippen molar-refractivity contribution in [2.45, 2.75) is 32.2 Å². The summed E-state index contributed by atoms with van der Waals surface area (Å²) in [6.45, 7) is 1.58. The highest BCUT2D eigenvalue weighted by Gasteiger charge is 2.33. The first-order valence-corrected chi connectivity index (χ1v) is 15.3. The number of para-hydroxylation sites is 1. The molecule has 45 heavy (non-hydrogen) atoms. The topological polar surface area (TPSA) is 148 Å². The lowest BCUT2D eigenvalue weighted by atomic mass is 10.00. The van der Waals surface area contributed by atoms with Gasteiger partial charge in [-0.25, -0.2) is 9.59 Å². The zero-order valence-corrected chi connectivity index (χ0v) is 25.4. The Morgan fingerprint density at radius 1 is 0.844 bits per heavy atom. The number of carbonyl (C=O) groups is 3. The van der Waals surface area contributed by atoms with Gasteiger partial charge in [-0.2, -0.15) is 0 Å². The maximum Gasteiger partial charge on any atom is 0.341 e. The molecule has 10 nitrogen and oxygen atoms in total. The van der Waals surface area contributed by atoms with Crippen LogP contribution in [0.25, 0.3) is 11.1 Å². The molecule has 2 N–H and O–H groups in total. The van der Waals surface area contributed by atoms with E-state index in [1.807, 2.05) is 43.3 Å². The van der Waals surface area contributed by atoms with Crippen molar-refractivity contribution in [1.82, 2.24) is 0 Å². The molecule has 0 bridgehead atoms. The van der Waals surface area contributed by atoms with E-state index in [1.54, 1.807) is 53.4 Å². The highest BCUT2D eigenvalue weighted by atomic mass is 32.2. The molecule has 0 aromatic heterocycles. The molecule has 0 saturated heterocycles. The number of unbranched alkanes of at least 4 members (excludes halogenated alkanes) is 1. The SMILES string of the molecule is CCCCN(C(=O)C(Cc1ccc(OCC(=O)O)c(C(=O)O)c1)N(c1ccc(-c2ccccc2)cc1)S(=O)[O-])c1ccccc1. The van der Waals surface area contributed by atoms with Crippen molar-refractivity contribution in [3.05, 3.63) is 114 Å². The summed E-state index contributed by atoms with van der Waals surface area (Å²) in [6.07, 6.45) is 1.28. The number of anilines is 2. The zero-order chi connectivity index (χ0) is 32.3. The second-order valence-corrected chi connectivity index (χ2v) is 11.0. The van der Waals surface area contributed by atoms with Crippen molar-refractivity contribution < 1.29 is 38.1 Å². The van der Waals surface area contributed by atoms with Gasteiger partial charge in [0.25, 0.3) is 5.91 Å². The van der Waals surface area contributed by atoms with Crippen LogP contribution >= 0.6 is 0 Å². The van der Waals surface area contributed by atoms with Crippen molar-refractivity contribution in [2.24, 2.45) is 0 Å². The van der Waals surface area contributed by atoms with Gasteiger partial charge >= 0.3 is 11.9 Å². The highest BCUT2D eigenvalue weighted by Crippen LogP contribution is 2.29. The van der Waals surface area contributed by atoms with Gasteiger partial charge in [-0.05, 0) is 59.5 Å². The van der Waals surface area contributed by atoms with Crippen LogP contribution in [-0.2, 0) is 27.3 Å². The zero-order valence-electron chi connectivity index (χ0n) is 24.6. The van der Waals surface area contributed by atoms with Crippen molar-refractivity contribution in [3.8, 4) is 16.9 Å². The summed E-state index contributed by atoms with van der Waals surface area (Å²) in [5.41, 5.74) is 2.68. The van der Waals surface area contributed by atoms with E-state index in [1.165, 1.54) is 18.2 Å². The Bertz CT molecular complexity index is 1630. The van der Waals surface area contributed by atoms with Crippen LogP contribution in [0.4, 0.5) is 11.4 Å². The van der Waals surface area contributed by atoms with E-state index < -0.39 is 41.8 Å². The van der Waals surface area contributed by atoms with Crippen molar-refractivity contribution in [2.75, 3.05) is 22.4 Å². The van der Waals surface area contributed by atoms with Crippen molar-refractivity contribution in [3.63, 3.8) is 0 Å². The van der Waals surface area contributed by atoms with Crippen LogP contribution in [0.5, 0.6) is 5.75 Å². The number of ether oxygens (including phenoxy) is 1. The minimum Gasteiger partial charge on any atom is -0.755 e. The third-order valence-corrected chi connectivity index (χ3v) is 7.87. The summed E-state index contributed by atoms with van der Waals surface area (Å²) in [7, 11) is 0. The average Bonchev–Trinajstić information content (AvgIpc) is 3.04. The predicted molar refractivity (Wildman–Crippen MR) is 171 cm³/mol. The summed E-state index contributed by atoms with van der Waals surface area (Å²) in [4.78, 5) is 39.0. The van der Waals surface area contributed by atoms with Crippen LogP contribution in [-0.4, -0.2) is 56.0 Å². The molecule has 1 amide bonds. The molecule has 2 unspecified atom stereocenters. The molecule has 11 heteroatoms. The number of rotatable bonds is 15. The normalized spacial score (nSPS) is 12.1. The number of amides is 1. The Balaban J connectivity index is 1.79. The molecular formula is C34H33N2O8S-. The summed E-state index contributed by atoms with van der Waals surface area (Å²) < 4.78 is 32.0. The van der Waals surface area contributed by atoms with Crippen LogP contribution in [0.1, 0.15) is 35.7 Å². The maximum absolute atomic E-state index is 14.4. The number of carboxylic acids is 2. The third kappa shape index (κ3) is 8.55. The van der Waals surface area contributed by atoms with Crippen LogP contribution in [0, 0.1) is 0 Å². The van der Waals surface area contributed by atoms with Gasteiger partial charge in [0.1, 0.15) is 17.4 Å². The number of benzene rings is 4. The van der Waals surface area contributed by atoms with Gasteiger partial charge in [0.2, 0.25) is 0 Å². The van der Waals surface area contributed by atoms with Crippen LogP contribution < -0.4 is 13.9 Å². The van der Waals surface area contributed by atoms with Gasteiger partial charge in [0, 0.05) is 35.6 Å². The number of hydrogen-bond donors (Lipinski definition) is 2. The van der Waals surface area contributed by atoms with E-state index in [2.05, 4.69) is 0 Å². The van der Waals surface area contributed by atoms with E-state index in [4.69, 9.17) is 9.84 Å². The summed E-state index contributed by atoms with van der Waals surface area (Å²) in [6, 6.07) is 28.1. The molecule has 0 fully saturated rings. The lowest BCUT2D eigenvalue weighted by Crippen LogP contribution is -2.51. The molecule has 0 aliphatic rings. The Hall–Kier alpha value is -5.00. The molecule has 4 aromatic rings. The van der Waals surface area contributed by atoms with Gasteiger partial charge in [-0.1, -0.05) is 80.1 Å². The minimum absolute atomic E-state index is 0.161. The lowest BCUT2D eigenvalue weighted by molar-refractivity contribution is -0.139. The van der Waals surface area contributed by atoms with Gasteiger partial charge in [-0.15, -0.1) is 0 Å². The quantitative estimate of drug-likeness (QED) is 0.163. The molecule has 0 spiro atoms. The summed E-state index contributed by atoms with van der Waals surface area (Å²) in [5, 5.41) is 18.8. The largest absolute Gasteiger partial charge is 0.755 e. The van der Waals surface area contributed by atoms with E-state index in [0.717, 1.165) is 21.9 Å². The molecule has 0 heterocycles. The fourth-order valence-corrected chi connectivity index (χ4v) is 5.57. The van der Waals surface area contributed by atoms with Crippen LogP contribution in [0.3, 0.4) is 0 Å². The Kier molecular flexibility index (Phi) is 11.4. The summed E-state index contributed by atoms with van der Waals surface area (Å²) in [5.74, 6) is -3.30. The van der Waals surface area contributed by atoms with Crippen molar-refractivity contribution >= 4 is 40.5 Å².